The highest BCUT2D eigenvalue weighted by Gasteiger charge is 1.99. The molecule has 2 rings (SSSR count). The zero-order chi connectivity index (χ0) is 13.7. The minimum absolute atomic E-state index is 0.283. The topological polar surface area (TPSA) is 29.1 Å². The van der Waals surface area contributed by atoms with Gasteiger partial charge in [0.05, 0.1) is 0 Å². The Morgan fingerprint density at radius 2 is 1.95 bits per heavy atom. The number of nitrogens with one attached hydrogen (secondary N) is 1. The van der Waals surface area contributed by atoms with Gasteiger partial charge in [-0.3, -0.25) is 4.79 Å². The average Bonchev–Trinajstić information content (AvgIpc) is 2.38. The summed E-state index contributed by atoms with van der Waals surface area (Å²) in [7, 11) is 0. The van der Waals surface area contributed by atoms with E-state index in [0.29, 0.717) is 5.69 Å². The summed E-state index contributed by atoms with van der Waals surface area (Å²) in [6.45, 7) is 1.98. The van der Waals surface area contributed by atoms with Gasteiger partial charge >= 0.3 is 0 Å². The SMILES string of the molecule is Cc1ccccc1/C=C/C(=O)Nc1cccc(F)c1. The summed E-state index contributed by atoms with van der Waals surface area (Å²) in [5.74, 6) is -0.658. The first-order valence-electron chi connectivity index (χ1n) is 5.95. The lowest BCUT2D eigenvalue weighted by molar-refractivity contribution is -0.111. The smallest absolute Gasteiger partial charge is 0.248 e. The van der Waals surface area contributed by atoms with Crippen LogP contribution < -0.4 is 5.32 Å². The highest BCUT2D eigenvalue weighted by atomic mass is 19.1. The van der Waals surface area contributed by atoms with Crippen molar-refractivity contribution < 1.29 is 9.18 Å². The number of benzene rings is 2. The zero-order valence-corrected chi connectivity index (χ0v) is 10.6. The molecule has 2 nitrogen and oxygen atoms in total. The number of carbonyl (C=O) groups excluding carboxylic acids is 1. The molecule has 0 aliphatic heterocycles. The van der Waals surface area contributed by atoms with Crippen molar-refractivity contribution in [3.05, 3.63) is 71.6 Å². The van der Waals surface area contributed by atoms with Gasteiger partial charge in [-0.2, -0.15) is 0 Å². The Labute approximate surface area is 111 Å². The Hall–Kier alpha value is -2.42. The molecule has 0 fully saturated rings. The van der Waals surface area contributed by atoms with Crippen LogP contribution in [0.25, 0.3) is 6.08 Å². The van der Waals surface area contributed by atoms with Crippen molar-refractivity contribution in [1.29, 1.82) is 0 Å². The Morgan fingerprint density at radius 1 is 1.16 bits per heavy atom. The maximum absolute atomic E-state index is 13.0. The fourth-order valence-electron chi connectivity index (χ4n) is 1.69. The summed E-state index contributed by atoms with van der Waals surface area (Å²) in [5, 5.41) is 2.61. The second-order valence-corrected chi connectivity index (χ2v) is 4.19. The van der Waals surface area contributed by atoms with Gasteiger partial charge in [0.1, 0.15) is 5.82 Å². The molecule has 3 heteroatoms. The van der Waals surface area contributed by atoms with Crippen molar-refractivity contribution in [3.8, 4) is 0 Å². The van der Waals surface area contributed by atoms with E-state index in [1.165, 1.54) is 18.2 Å². The molecule has 96 valence electrons. The number of amides is 1. The predicted molar refractivity (Wildman–Crippen MR) is 75.2 cm³/mol. The number of anilines is 1. The Bertz CT molecular complexity index is 620. The van der Waals surface area contributed by atoms with E-state index in [1.807, 2.05) is 31.2 Å². The van der Waals surface area contributed by atoms with Crippen LogP contribution in [0.2, 0.25) is 0 Å². The van der Waals surface area contributed by atoms with Crippen LogP contribution in [0.3, 0.4) is 0 Å². The van der Waals surface area contributed by atoms with Crippen molar-refractivity contribution in [2.75, 3.05) is 5.32 Å². The standard InChI is InChI=1S/C16H14FNO/c1-12-5-2-3-6-13(12)9-10-16(19)18-15-8-4-7-14(17)11-15/h2-11H,1H3,(H,18,19)/b10-9+. The fraction of sp³-hybridized carbons (Fsp3) is 0.0625. The molecule has 0 aromatic heterocycles. The van der Waals surface area contributed by atoms with Gasteiger partial charge in [0, 0.05) is 11.8 Å². The molecule has 0 radical (unpaired) electrons. The van der Waals surface area contributed by atoms with Crippen LogP contribution in [-0.4, -0.2) is 5.91 Å². The average molecular weight is 255 g/mol. The Balaban J connectivity index is 2.04. The molecule has 1 N–H and O–H groups in total. The third-order valence-corrected chi connectivity index (χ3v) is 2.69. The van der Waals surface area contributed by atoms with Crippen LogP contribution in [0.4, 0.5) is 10.1 Å². The van der Waals surface area contributed by atoms with E-state index < -0.39 is 0 Å². The minimum Gasteiger partial charge on any atom is -0.322 e. The minimum atomic E-state index is -0.374. The third kappa shape index (κ3) is 3.78. The molecule has 0 saturated carbocycles. The van der Waals surface area contributed by atoms with E-state index in [4.69, 9.17) is 0 Å². The molecule has 0 aliphatic carbocycles. The Morgan fingerprint density at radius 3 is 2.68 bits per heavy atom. The number of rotatable bonds is 3. The predicted octanol–water partition coefficient (Wildman–Crippen LogP) is 3.79. The van der Waals surface area contributed by atoms with Crippen molar-refractivity contribution in [3.63, 3.8) is 0 Å². The molecule has 0 unspecified atom stereocenters. The molecule has 1 amide bonds. The molecule has 19 heavy (non-hydrogen) atoms. The van der Waals surface area contributed by atoms with Gasteiger partial charge in [-0.15, -0.1) is 0 Å². The van der Waals surface area contributed by atoms with Gasteiger partial charge in [0.15, 0.2) is 0 Å². The first-order valence-corrected chi connectivity index (χ1v) is 5.95. The summed E-state index contributed by atoms with van der Waals surface area (Å²) >= 11 is 0. The highest BCUT2D eigenvalue weighted by molar-refractivity contribution is 6.01. The third-order valence-electron chi connectivity index (χ3n) is 2.69. The molecule has 0 saturated heterocycles. The number of halogens is 1. The van der Waals surface area contributed by atoms with E-state index >= 15 is 0 Å². The second kappa shape index (κ2) is 5.96. The van der Waals surface area contributed by atoms with Gasteiger partial charge in [-0.05, 0) is 42.3 Å². The molecule has 0 aliphatic rings. The lowest BCUT2D eigenvalue weighted by Crippen LogP contribution is -2.07. The number of aryl methyl sites for hydroxylation is 1. The van der Waals surface area contributed by atoms with E-state index in [2.05, 4.69) is 5.32 Å². The van der Waals surface area contributed by atoms with E-state index in [9.17, 15) is 9.18 Å². The second-order valence-electron chi connectivity index (χ2n) is 4.19. The van der Waals surface area contributed by atoms with Crippen LogP contribution in [0.5, 0.6) is 0 Å². The zero-order valence-electron chi connectivity index (χ0n) is 10.6. The molecular weight excluding hydrogens is 241 g/mol. The van der Waals surface area contributed by atoms with Crippen molar-refractivity contribution >= 4 is 17.7 Å². The molecular formula is C16H14FNO. The van der Waals surface area contributed by atoms with Crippen LogP contribution in [-0.2, 0) is 4.79 Å². The maximum Gasteiger partial charge on any atom is 0.248 e. The molecule has 2 aromatic carbocycles. The number of hydrogen-bond acceptors (Lipinski definition) is 1. The Kier molecular flexibility index (Phi) is 4.08. The summed E-state index contributed by atoms with van der Waals surface area (Å²) in [5.41, 5.74) is 2.52. The van der Waals surface area contributed by atoms with Crippen LogP contribution in [0.1, 0.15) is 11.1 Å². The first-order chi connectivity index (χ1) is 9.15. The van der Waals surface area contributed by atoms with Crippen LogP contribution in [0.15, 0.2) is 54.6 Å². The lowest BCUT2D eigenvalue weighted by atomic mass is 10.1. The van der Waals surface area contributed by atoms with Crippen LogP contribution >= 0.6 is 0 Å². The van der Waals surface area contributed by atoms with Gasteiger partial charge in [0.2, 0.25) is 5.91 Å². The van der Waals surface area contributed by atoms with Gasteiger partial charge in [-0.1, -0.05) is 30.3 Å². The quantitative estimate of drug-likeness (QED) is 0.831. The summed E-state index contributed by atoms with van der Waals surface area (Å²) in [4.78, 5) is 11.7. The molecule has 0 atom stereocenters. The van der Waals surface area contributed by atoms with Crippen LogP contribution in [0, 0.1) is 12.7 Å². The van der Waals surface area contributed by atoms with E-state index in [-0.39, 0.29) is 11.7 Å². The molecule has 2 aromatic rings. The maximum atomic E-state index is 13.0. The van der Waals surface area contributed by atoms with Crippen molar-refractivity contribution in [2.24, 2.45) is 0 Å². The number of carbonyl (C=O) groups is 1. The highest BCUT2D eigenvalue weighted by Crippen LogP contribution is 2.11. The van der Waals surface area contributed by atoms with Gasteiger partial charge in [0.25, 0.3) is 0 Å². The fourth-order valence-corrected chi connectivity index (χ4v) is 1.69. The summed E-state index contributed by atoms with van der Waals surface area (Å²) in [6, 6.07) is 13.6. The van der Waals surface area contributed by atoms with E-state index in [1.54, 1.807) is 18.2 Å². The number of hydrogen-bond donors (Lipinski definition) is 1. The normalized spacial score (nSPS) is 10.6. The largest absolute Gasteiger partial charge is 0.322 e. The first kappa shape index (κ1) is 13.0. The molecule has 0 bridgehead atoms. The van der Waals surface area contributed by atoms with Gasteiger partial charge in [-0.25, -0.2) is 4.39 Å². The monoisotopic (exact) mass is 255 g/mol. The summed E-state index contributed by atoms with van der Waals surface area (Å²) < 4.78 is 13.0. The molecule has 0 spiro atoms. The summed E-state index contributed by atoms with van der Waals surface area (Å²) in [6.07, 6.45) is 3.18. The van der Waals surface area contributed by atoms with Crippen molar-refractivity contribution in [1.82, 2.24) is 0 Å². The molecule has 0 heterocycles. The van der Waals surface area contributed by atoms with E-state index in [0.717, 1.165) is 11.1 Å². The lowest BCUT2D eigenvalue weighted by Gasteiger charge is -2.02. The van der Waals surface area contributed by atoms with Crippen molar-refractivity contribution in [2.45, 2.75) is 6.92 Å². The van der Waals surface area contributed by atoms with Gasteiger partial charge < -0.3 is 5.32 Å².